The molecule has 120 valence electrons. The first-order valence-electron chi connectivity index (χ1n) is 7.13. The van der Waals surface area contributed by atoms with Crippen molar-refractivity contribution in [2.24, 2.45) is 0 Å². The van der Waals surface area contributed by atoms with Crippen LogP contribution in [0.15, 0.2) is 22.8 Å². The number of carbonyl (C=O) groups excluding carboxylic acids is 2. The van der Waals surface area contributed by atoms with E-state index in [9.17, 15) is 14.0 Å². The van der Waals surface area contributed by atoms with Crippen LogP contribution in [0.25, 0.3) is 0 Å². The fourth-order valence-electron chi connectivity index (χ4n) is 2.52. The van der Waals surface area contributed by atoms with E-state index in [1.807, 2.05) is 0 Å². The SMILES string of the molecule is Cc1c(F)ccc(Cl)c1NC(=O)c1coc2c1C(=O)NCCC2. The van der Waals surface area contributed by atoms with Crippen molar-refractivity contribution < 1.29 is 18.4 Å². The lowest BCUT2D eigenvalue weighted by Crippen LogP contribution is -2.25. The first kappa shape index (κ1) is 15.6. The van der Waals surface area contributed by atoms with Gasteiger partial charge in [0.05, 0.1) is 21.8 Å². The van der Waals surface area contributed by atoms with Gasteiger partial charge in [0.2, 0.25) is 0 Å². The smallest absolute Gasteiger partial charge is 0.259 e. The van der Waals surface area contributed by atoms with Crippen LogP contribution < -0.4 is 10.6 Å². The number of carbonyl (C=O) groups is 2. The Kier molecular flexibility index (Phi) is 4.09. The Hall–Kier alpha value is -2.34. The molecule has 7 heteroatoms. The molecular weight excluding hydrogens is 323 g/mol. The molecule has 1 aromatic heterocycles. The maximum Gasteiger partial charge on any atom is 0.259 e. The second kappa shape index (κ2) is 6.04. The van der Waals surface area contributed by atoms with Gasteiger partial charge in [0.1, 0.15) is 17.8 Å². The number of amides is 2. The number of nitrogens with one attached hydrogen (secondary N) is 2. The van der Waals surface area contributed by atoms with E-state index >= 15 is 0 Å². The van der Waals surface area contributed by atoms with Gasteiger partial charge >= 0.3 is 0 Å². The van der Waals surface area contributed by atoms with E-state index in [4.69, 9.17) is 16.0 Å². The predicted octanol–water partition coefficient (Wildman–Crippen LogP) is 3.31. The molecule has 1 aliphatic rings. The van der Waals surface area contributed by atoms with Gasteiger partial charge in [-0.15, -0.1) is 0 Å². The highest BCUT2D eigenvalue weighted by Gasteiger charge is 2.27. The lowest BCUT2D eigenvalue weighted by molar-refractivity contribution is 0.0943. The molecule has 2 N–H and O–H groups in total. The minimum absolute atomic E-state index is 0.110. The quantitative estimate of drug-likeness (QED) is 0.883. The highest BCUT2D eigenvalue weighted by atomic mass is 35.5. The van der Waals surface area contributed by atoms with E-state index in [1.165, 1.54) is 25.3 Å². The van der Waals surface area contributed by atoms with E-state index in [0.29, 0.717) is 18.7 Å². The highest BCUT2D eigenvalue weighted by molar-refractivity contribution is 6.34. The molecule has 3 rings (SSSR count). The second-order valence-corrected chi connectivity index (χ2v) is 5.70. The zero-order valence-corrected chi connectivity index (χ0v) is 13.1. The summed E-state index contributed by atoms with van der Waals surface area (Å²) in [5, 5.41) is 5.49. The van der Waals surface area contributed by atoms with Gasteiger partial charge in [-0.25, -0.2) is 4.39 Å². The number of furan rings is 1. The van der Waals surface area contributed by atoms with E-state index in [2.05, 4.69) is 10.6 Å². The minimum atomic E-state index is -0.567. The van der Waals surface area contributed by atoms with Crippen LogP contribution >= 0.6 is 11.6 Å². The number of halogens is 2. The minimum Gasteiger partial charge on any atom is -0.468 e. The Morgan fingerprint density at radius 2 is 2.22 bits per heavy atom. The van der Waals surface area contributed by atoms with Crippen LogP contribution in [-0.4, -0.2) is 18.4 Å². The molecular formula is C16H14ClFN2O3. The standard InChI is InChI=1S/C16H14ClFN2O3/c1-8-11(18)5-4-10(17)14(8)20-15(21)9-7-23-12-3-2-6-19-16(22)13(9)12/h4-5,7H,2-3,6H2,1H3,(H,19,22)(H,20,21). The van der Waals surface area contributed by atoms with Crippen LogP contribution in [0, 0.1) is 12.7 Å². The molecule has 0 spiro atoms. The number of hydrogen-bond donors (Lipinski definition) is 2. The maximum absolute atomic E-state index is 13.6. The Bertz CT molecular complexity index is 801. The van der Waals surface area contributed by atoms with Crippen molar-refractivity contribution in [1.82, 2.24) is 5.32 Å². The zero-order valence-electron chi connectivity index (χ0n) is 12.3. The molecule has 1 aliphatic heterocycles. The summed E-state index contributed by atoms with van der Waals surface area (Å²) in [6, 6.07) is 2.59. The fourth-order valence-corrected chi connectivity index (χ4v) is 2.78. The molecule has 2 heterocycles. The lowest BCUT2D eigenvalue weighted by atomic mass is 10.1. The molecule has 1 aromatic carbocycles. The maximum atomic E-state index is 13.6. The summed E-state index contributed by atoms with van der Waals surface area (Å²) < 4.78 is 19.0. The normalized spacial score (nSPS) is 14.0. The summed E-state index contributed by atoms with van der Waals surface area (Å²) in [5.41, 5.74) is 0.745. The van der Waals surface area contributed by atoms with Gasteiger partial charge < -0.3 is 15.1 Å². The molecule has 0 radical (unpaired) electrons. The third-order valence-corrected chi connectivity index (χ3v) is 4.11. The van der Waals surface area contributed by atoms with Crippen LogP contribution in [0.4, 0.5) is 10.1 Å². The van der Waals surface area contributed by atoms with Crippen LogP contribution in [0.3, 0.4) is 0 Å². The van der Waals surface area contributed by atoms with Crippen molar-refractivity contribution >= 4 is 29.1 Å². The number of hydrogen-bond acceptors (Lipinski definition) is 3. The van der Waals surface area contributed by atoms with Crippen molar-refractivity contribution in [1.29, 1.82) is 0 Å². The molecule has 0 saturated heterocycles. The molecule has 23 heavy (non-hydrogen) atoms. The summed E-state index contributed by atoms with van der Waals surface area (Å²) in [6.45, 7) is 2.04. The summed E-state index contributed by atoms with van der Waals surface area (Å²) in [5.74, 6) is -0.915. The second-order valence-electron chi connectivity index (χ2n) is 5.29. The van der Waals surface area contributed by atoms with Crippen LogP contribution in [0.5, 0.6) is 0 Å². The average Bonchev–Trinajstić information content (AvgIpc) is 2.87. The zero-order chi connectivity index (χ0) is 16.6. The number of anilines is 1. The Morgan fingerprint density at radius 1 is 1.43 bits per heavy atom. The summed E-state index contributed by atoms with van der Waals surface area (Å²) in [4.78, 5) is 24.6. The van der Waals surface area contributed by atoms with Gasteiger partial charge in [0.25, 0.3) is 11.8 Å². The Morgan fingerprint density at radius 3 is 3.00 bits per heavy atom. The van der Waals surface area contributed by atoms with Gasteiger partial charge in [0, 0.05) is 18.5 Å². The van der Waals surface area contributed by atoms with E-state index in [1.54, 1.807) is 0 Å². The summed E-state index contributed by atoms with van der Waals surface area (Å²) >= 11 is 6.02. The molecule has 5 nitrogen and oxygen atoms in total. The van der Waals surface area contributed by atoms with Crippen molar-refractivity contribution in [3.63, 3.8) is 0 Å². The van der Waals surface area contributed by atoms with E-state index < -0.39 is 11.7 Å². The summed E-state index contributed by atoms with van der Waals surface area (Å²) in [6.07, 6.45) is 2.55. The molecule has 2 aromatic rings. The van der Waals surface area contributed by atoms with E-state index in [-0.39, 0.29) is 33.3 Å². The monoisotopic (exact) mass is 336 g/mol. The van der Waals surface area contributed by atoms with Gasteiger partial charge in [-0.2, -0.15) is 0 Å². The Labute approximate surface area is 136 Å². The average molecular weight is 337 g/mol. The van der Waals surface area contributed by atoms with Gasteiger partial charge in [-0.1, -0.05) is 11.6 Å². The van der Waals surface area contributed by atoms with Gasteiger partial charge in [-0.3, -0.25) is 9.59 Å². The van der Waals surface area contributed by atoms with E-state index in [0.717, 1.165) is 6.42 Å². The molecule has 0 atom stereocenters. The third kappa shape index (κ3) is 2.82. The van der Waals surface area contributed by atoms with Gasteiger partial charge in [-0.05, 0) is 25.5 Å². The number of fused-ring (bicyclic) bond motifs is 1. The highest BCUT2D eigenvalue weighted by Crippen LogP contribution is 2.29. The molecule has 0 saturated carbocycles. The molecule has 0 bridgehead atoms. The third-order valence-electron chi connectivity index (χ3n) is 3.79. The fraction of sp³-hybridized carbons (Fsp3) is 0.250. The van der Waals surface area contributed by atoms with Crippen LogP contribution in [0.1, 0.15) is 38.5 Å². The van der Waals surface area contributed by atoms with Crippen molar-refractivity contribution in [3.8, 4) is 0 Å². The van der Waals surface area contributed by atoms with Crippen molar-refractivity contribution in [2.45, 2.75) is 19.8 Å². The molecule has 0 unspecified atom stereocenters. The molecule has 0 aliphatic carbocycles. The molecule has 2 amide bonds. The van der Waals surface area contributed by atoms with Crippen LogP contribution in [0.2, 0.25) is 5.02 Å². The largest absolute Gasteiger partial charge is 0.468 e. The lowest BCUT2D eigenvalue weighted by Gasteiger charge is -2.11. The van der Waals surface area contributed by atoms with Crippen molar-refractivity contribution in [2.75, 3.05) is 11.9 Å². The van der Waals surface area contributed by atoms with Crippen molar-refractivity contribution in [3.05, 3.63) is 51.7 Å². The number of benzene rings is 1. The predicted molar refractivity (Wildman–Crippen MR) is 83.5 cm³/mol. The van der Waals surface area contributed by atoms with Crippen LogP contribution in [-0.2, 0) is 6.42 Å². The van der Waals surface area contributed by atoms with Gasteiger partial charge in [0.15, 0.2) is 0 Å². The summed E-state index contributed by atoms with van der Waals surface area (Å²) in [7, 11) is 0. The molecule has 0 fully saturated rings. The Balaban J connectivity index is 1.96. The topological polar surface area (TPSA) is 71.3 Å². The number of aryl methyl sites for hydroxylation is 1. The number of rotatable bonds is 2. The first-order chi connectivity index (χ1) is 11.0. The first-order valence-corrected chi connectivity index (χ1v) is 7.51.